The zero-order valence-corrected chi connectivity index (χ0v) is 16.1. The van der Waals surface area contributed by atoms with Crippen molar-refractivity contribution in [3.05, 3.63) is 46.1 Å². The Morgan fingerprint density at radius 2 is 1.85 bits per heavy atom. The van der Waals surface area contributed by atoms with Crippen LogP contribution in [-0.4, -0.2) is 16.2 Å². The number of benzene rings is 1. The van der Waals surface area contributed by atoms with E-state index >= 15 is 0 Å². The molecule has 0 amide bonds. The number of rotatable bonds is 4. The maximum atomic E-state index is 10.9. The summed E-state index contributed by atoms with van der Waals surface area (Å²) in [6, 6.07) is 9.33. The Labute approximate surface area is 163 Å². The van der Waals surface area contributed by atoms with Gasteiger partial charge in [-0.1, -0.05) is 23.2 Å². The van der Waals surface area contributed by atoms with Crippen LogP contribution in [-0.2, 0) is 6.54 Å². The molecule has 0 saturated heterocycles. The van der Waals surface area contributed by atoms with Gasteiger partial charge in [0, 0.05) is 16.1 Å². The molecular weight excluding hydrogens is 369 g/mol. The molecule has 0 aliphatic heterocycles. The molecule has 0 radical (unpaired) electrons. The highest BCUT2D eigenvalue weighted by Crippen LogP contribution is 2.57. The SMILES string of the molecule is OC12CC3CC(C1)CC(NCc1ccc(-c4cc(Cl)ccc4Cl)o1)(C3)C2. The van der Waals surface area contributed by atoms with E-state index in [1.54, 1.807) is 12.1 Å². The molecule has 2 atom stereocenters. The lowest BCUT2D eigenvalue weighted by molar-refractivity contribution is -0.143. The van der Waals surface area contributed by atoms with Crippen LogP contribution in [0.2, 0.25) is 10.0 Å². The average Bonchev–Trinajstić information content (AvgIpc) is 3.02. The molecule has 3 nitrogen and oxygen atoms in total. The lowest BCUT2D eigenvalue weighted by Gasteiger charge is -2.60. The molecule has 2 N–H and O–H groups in total. The topological polar surface area (TPSA) is 45.4 Å². The molecule has 6 rings (SSSR count). The summed E-state index contributed by atoms with van der Waals surface area (Å²) in [4.78, 5) is 0. The van der Waals surface area contributed by atoms with Crippen LogP contribution in [0.3, 0.4) is 0 Å². The largest absolute Gasteiger partial charge is 0.460 e. The van der Waals surface area contributed by atoms with Crippen LogP contribution in [0.15, 0.2) is 34.7 Å². The molecule has 1 aromatic heterocycles. The highest BCUT2D eigenvalue weighted by molar-refractivity contribution is 6.35. The highest BCUT2D eigenvalue weighted by Gasteiger charge is 2.56. The lowest BCUT2D eigenvalue weighted by Crippen LogP contribution is -2.64. The van der Waals surface area contributed by atoms with Gasteiger partial charge in [0.1, 0.15) is 11.5 Å². The van der Waals surface area contributed by atoms with E-state index < -0.39 is 5.60 Å². The van der Waals surface area contributed by atoms with Gasteiger partial charge in [-0.15, -0.1) is 0 Å². The maximum Gasteiger partial charge on any atom is 0.135 e. The average molecular weight is 392 g/mol. The summed E-state index contributed by atoms with van der Waals surface area (Å²) in [5.74, 6) is 2.97. The third-order valence-electron chi connectivity index (χ3n) is 6.52. The first-order chi connectivity index (χ1) is 12.4. The zero-order valence-electron chi connectivity index (χ0n) is 14.6. The lowest BCUT2D eigenvalue weighted by atomic mass is 9.51. The Kier molecular flexibility index (Phi) is 3.95. The van der Waals surface area contributed by atoms with Crippen molar-refractivity contribution in [3.8, 4) is 11.3 Å². The third kappa shape index (κ3) is 2.99. The van der Waals surface area contributed by atoms with Crippen molar-refractivity contribution in [2.75, 3.05) is 0 Å². The summed E-state index contributed by atoms with van der Waals surface area (Å²) in [7, 11) is 0. The Bertz CT molecular complexity index is 832. The second-order valence-electron chi connectivity index (χ2n) is 8.71. The van der Waals surface area contributed by atoms with E-state index in [0.717, 1.165) is 36.3 Å². The second kappa shape index (κ2) is 6.00. The molecule has 1 heterocycles. The zero-order chi connectivity index (χ0) is 17.9. The summed E-state index contributed by atoms with van der Waals surface area (Å²) < 4.78 is 6.03. The van der Waals surface area contributed by atoms with E-state index in [1.807, 2.05) is 18.2 Å². The number of furan rings is 1. The normalized spacial score (nSPS) is 35.2. The first kappa shape index (κ1) is 17.1. The maximum absolute atomic E-state index is 10.9. The van der Waals surface area contributed by atoms with Gasteiger partial charge in [0.15, 0.2) is 0 Å². The fourth-order valence-corrected chi connectivity index (χ4v) is 6.38. The van der Waals surface area contributed by atoms with Gasteiger partial charge >= 0.3 is 0 Å². The Balaban J connectivity index is 1.32. The van der Waals surface area contributed by atoms with Gasteiger partial charge in [0.05, 0.1) is 17.2 Å². The van der Waals surface area contributed by atoms with Crippen molar-refractivity contribution in [2.24, 2.45) is 11.8 Å². The van der Waals surface area contributed by atoms with Crippen molar-refractivity contribution in [1.29, 1.82) is 0 Å². The standard InChI is InChI=1S/C21H23Cl2NO2/c22-15-1-3-18(23)17(6-15)19-4-2-16(26-19)11-24-20-7-13-5-14(8-20)10-21(25,9-13)12-20/h1-4,6,13-14,24-25H,5,7-12H2. The molecule has 4 aliphatic rings. The minimum atomic E-state index is -0.445. The van der Waals surface area contributed by atoms with E-state index in [2.05, 4.69) is 5.32 Å². The smallest absolute Gasteiger partial charge is 0.135 e. The molecule has 4 fully saturated rings. The van der Waals surface area contributed by atoms with Crippen molar-refractivity contribution in [2.45, 2.75) is 56.2 Å². The molecular formula is C21H23Cl2NO2. The molecule has 0 spiro atoms. The summed E-state index contributed by atoms with van der Waals surface area (Å²) in [5.41, 5.74) is 0.439. The van der Waals surface area contributed by atoms with Gasteiger partial charge in [0.25, 0.3) is 0 Å². The van der Waals surface area contributed by atoms with Gasteiger partial charge in [0.2, 0.25) is 0 Å². The van der Waals surface area contributed by atoms with Crippen LogP contribution < -0.4 is 5.32 Å². The molecule has 4 saturated carbocycles. The molecule has 2 aromatic rings. The fraction of sp³-hybridized carbons (Fsp3) is 0.524. The minimum Gasteiger partial charge on any atom is -0.460 e. The van der Waals surface area contributed by atoms with Gasteiger partial charge in [-0.3, -0.25) is 0 Å². The van der Waals surface area contributed by atoms with E-state index in [1.165, 1.54) is 19.3 Å². The molecule has 2 unspecified atom stereocenters. The first-order valence-corrected chi connectivity index (χ1v) is 10.2. The van der Waals surface area contributed by atoms with Gasteiger partial charge < -0.3 is 14.8 Å². The molecule has 5 heteroatoms. The van der Waals surface area contributed by atoms with Crippen LogP contribution in [0, 0.1) is 11.8 Å². The Morgan fingerprint density at radius 1 is 1.08 bits per heavy atom. The van der Waals surface area contributed by atoms with Gasteiger partial charge in [-0.25, -0.2) is 0 Å². The number of hydrogen-bond acceptors (Lipinski definition) is 3. The number of nitrogens with one attached hydrogen (secondary N) is 1. The number of halogens is 2. The van der Waals surface area contributed by atoms with Crippen LogP contribution in [0.1, 0.15) is 44.3 Å². The predicted octanol–water partition coefficient (Wildman–Crippen LogP) is 5.43. The summed E-state index contributed by atoms with van der Waals surface area (Å²) >= 11 is 12.4. The van der Waals surface area contributed by atoms with Crippen LogP contribution in [0.25, 0.3) is 11.3 Å². The van der Waals surface area contributed by atoms with E-state index in [9.17, 15) is 5.11 Å². The number of hydrogen-bond donors (Lipinski definition) is 2. The number of aliphatic hydroxyl groups is 1. The first-order valence-electron chi connectivity index (χ1n) is 9.44. The molecule has 4 bridgehead atoms. The van der Waals surface area contributed by atoms with E-state index in [0.29, 0.717) is 28.4 Å². The highest BCUT2D eigenvalue weighted by atomic mass is 35.5. The molecule has 1 aromatic carbocycles. The minimum absolute atomic E-state index is 0.0689. The quantitative estimate of drug-likeness (QED) is 0.730. The molecule has 4 aliphatic carbocycles. The van der Waals surface area contributed by atoms with Crippen molar-refractivity contribution in [1.82, 2.24) is 5.32 Å². The van der Waals surface area contributed by atoms with Gasteiger partial charge in [-0.2, -0.15) is 0 Å². The molecule has 138 valence electrons. The van der Waals surface area contributed by atoms with Gasteiger partial charge in [-0.05, 0) is 80.7 Å². The van der Waals surface area contributed by atoms with Crippen molar-refractivity contribution < 1.29 is 9.52 Å². The Hall–Kier alpha value is -1.00. The van der Waals surface area contributed by atoms with E-state index in [4.69, 9.17) is 27.6 Å². The predicted molar refractivity (Wildman–Crippen MR) is 103 cm³/mol. The molecule has 26 heavy (non-hydrogen) atoms. The summed E-state index contributed by atoms with van der Waals surface area (Å²) in [6.45, 7) is 0.674. The summed E-state index contributed by atoms with van der Waals surface area (Å²) in [6.07, 6.45) is 6.51. The Morgan fingerprint density at radius 3 is 2.58 bits per heavy atom. The fourth-order valence-electron chi connectivity index (χ4n) is 6.00. The second-order valence-corrected chi connectivity index (χ2v) is 9.55. The van der Waals surface area contributed by atoms with Crippen LogP contribution in [0.4, 0.5) is 0 Å². The van der Waals surface area contributed by atoms with Crippen molar-refractivity contribution >= 4 is 23.2 Å². The summed E-state index contributed by atoms with van der Waals surface area (Å²) in [5, 5.41) is 15.9. The van der Waals surface area contributed by atoms with Crippen LogP contribution >= 0.6 is 23.2 Å². The van der Waals surface area contributed by atoms with E-state index in [-0.39, 0.29) is 5.54 Å². The monoisotopic (exact) mass is 391 g/mol. The van der Waals surface area contributed by atoms with Crippen molar-refractivity contribution in [3.63, 3.8) is 0 Å². The third-order valence-corrected chi connectivity index (χ3v) is 7.09. The van der Waals surface area contributed by atoms with Crippen LogP contribution in [0.5, 0.6) is 0 Å².